The van der Waals surface area contributed by atoms with Crippen molar-refractivity contribution in [3.8, 4) is 5.75 Å². The largest absolute Gasteiger partial charge is 0.494 e. The Morgan fingerprint density at radius 1 is 1.17 bits per heavy atom. The van der Waals surface area contributed by atoms with E-state index in [9.17, 15) is 4.79 Å². The molecule has 0 aliphatic heterocycles. The standard InChI is InChI=1S/C23H35N3O3/c1-5-28-22(27)23(2,3)13-8-18-29-21-11-9-20(10-12-21)25(4)15-6-7-16-26-17-14-24-19-26/h9-12,14,17,19H,5-8,13,15-16,18H2,1-4H3. The molecule has 1 aromatic carbocycles. The third-order valence-electron chi connectivity index (χ3n) is 5.04. The fourth-order valence-electron chi connectivity index (χ4n) is 3.12. The summed E-state index contributed by atoms with van der Waals surface area (Å²) < 4.78 is 13.1. The lowest BCUT2D eigenvalue weighted by molar-refractivity contribution is -0.153. The van der Waals surface area contributed by atoms with E-state index in [-0.39, 0.29) is 5.97 Å². The van der Waals surface area contributed by atoms with Gasteiger partial charge in [-0.05, 0) is 70.7 Å². The molecule has 0 saturated carbocycles. The average Bonchev–Trinajstić information content (AvgIpc) is 3.22. The number of rotatable bonds is 13. The first kappa shape index (κ1) is 22.8. The second-order valence-corrected chi connectivity index (χ2v) is 7.98. The van der Waals surface area contributed by atoms with Crippen molar-refractivity contribution in [2.45, 2.75) is 53.0 Å². The molecule has 0 aliphatic rings. The fraction of sp³-hybridized carbons (Fsp3) is 0.565. The smallest absolute Gasteiger partial charge is 0.311 e. The number of carbonyl (C=O) groups is 1. The van der Waals surface area contributed by atoms with E-state index in [1.54, 1.807) is 0 Å². The van der Waals surface area contributed by atoms with E-state index >= 15 is 0 Å². The molecule has 0 saturated heterocycles. The predicted octanol–water partition coefficient (Wildman–Crippen LogP) is 4.55. The number of ether oxygens (including phenoxy) is 2. The molecular formula is C23H35N3O3. The zero-order chi connectivity index (χ0) is 21.1. The Morgan fingerprint density at radius 2 is 1.93 bits per heavy atom. The first-order valence-corrected chi connectivity index (χ1v) is 10.5. The van der Waals surface area contributed by atoms with Crippen molar-refractivity contribution in [3.05, 3.63) is 43.0 Å². The number of nitrogens with zero attached hydrogens (tertiary/aromatic N) is 3. The molecule has 29 heavy (non-hydrogen) atoms. The van der Waals surface area contributed by atoms with E-state index in [1.165, 1.54) is 5.69 Å². The SMILES string of the molecule is CCOC(=O)C(C)(C)CCCOc1ccc(N(C)CCCCn2ccnc2)cc1. The van der Waals surface area contributed by atoms with Crippen molar-refractivity contribution in [2.75, 3.05) is 31.7 Å². The number of unbranched alkanes of at least 4 members (excludes halogenated alkanes) is 1. The van der Waals surface area contributed by atoms with Crippen molar-refractivity contribution in [2.24, 2.45) is 5.41 Å². The van der Waals surface area contributed by atoms with Gasteiger partial charge in [0.15, 0.2) is 0 Å². The van der Waals surface area contributed by atoms with Gasteiger partial charge in [-0.1, -0.05) is 0 Å². The van der Waals surface area contributed by atoms with E-state index < -0.39 is 5.41 Å². The maximum Gasteiger partial charge on any atom is 0.311 e. The molecule has 0 spiro atoms. The molecule has 0 aliphatic carbocycles. The van der Waals surface area contributed by atoms with Crippen molar-refractivity contribution in [1.29, 1.82) is 0 Å². The van der Waals surface area contributed by atoms with E-state index in [0.29, 0.717) is 13.2 Å². The molecule has 0 N–H and O–H groups in total. The molecule has 0 atom stereocenters. The summed E-state index contributed by atoms with van der Waals surface area (Å²) in [5.74, 6) is 0.716. The van der Waals surface area contributed by atoms with Crippen LogP contribution in [0, 0.1) is 5.41 Å². The Kier molecular flexibility index (Phi) is 9.03. The lowest BCUT2D eigenvalue weighted by atomic mass is 9.88. The fourth-order valence-corrected chi connectivity index (χ4v) is 3.12. The van der Waals surface area contributed by atoms with Crippen LogP contribution in [0.1, 0.15) is 46.5 Å². The van der Waals surface area contributed by atoms with Gasteiger partial charge in [-0.25, -0.2) is 4.98 Å². The van der Waals surface area contributed by atoms with Gasteiger partial charge in [0.1, 0.15) is 5.75 Å². The zero-order valence-electron chi connectivity index (χ0n) is 18.3. The van der Waals surface area contributed by atoms with Crippen LogP contribution >= 0.6 is 0 Å². The van der Waals surface area contributed by atoms with Crippen LogP contribution in [0.25, 0.3) is 0 Å². The maximum absolute atomic E-state index is 11.9. The molecule has 0 bridgehead atoms. The first-order valence-electron chi connectivity index (χ1n) is 10.5. The summed E-state index contributed by atoms with van der Waals surface area (Å²) >= 11 is 0. The quantitative estimate of drug-likeness (QED) is 0.364. The summed E-state index contributed by atoms with van der Waals surface area (Å²) in [6.07, 6.45) is 9.49. The Labute approximate surface area is 174 Å². The van der Waals surface area contributed by atoms with E-state index in [4.69, 9.17) is 9.47 Å². The molecule has 6 heteroatoms. The summed E-state index contributed by atoms with van der Waals surface area (Å²) in [6, 6.07) is 8.20. The van der Waals surface area contributed by atoms with Gasteiger partial charge in [0.2, 0.25) is 0 Å². The summed E-state index contributed by atoms with van der Waals surface area (Å²) in [4.78, 5) is 18.2. The first-order chi connectivity index (χ1) is 13.9. The summed E-state index contributed by atoms with van der Waals surface area (Å²) in [5, 5.41) is 0. The molecule has 1 aromatic heterocycles. The van der Waals surface area contributed by atoms with E-state index in [0.717, 1.165) is 44.5 Å². The summed E-state index contributed by atoms with van der Waals surface area (Å²) in [6.45, 7) is 8.71. The molecule has 0 radical (unpaired) electrons. The average molecular weight is 402 g/mol. The number of hydrogen-bond donors (Lipinski definition) is 0. The second-order valence-electron chi connectivity index (χ2n) is 7.98. The normalized spacial score (nSPS) is 11.3. The van der Waals surface area contributed by atoms with Crippen LogP contribution in [0.4, 0.5) is 5.69 Å². The van der Waals surface area contributed by atoms with Gasteiger partial charge in [0.05, 0.1) is 25.0 Å². The van der Waals surface area contributed by atoms with Crippen molar-refractivity contribution >= 4 is 11.7 Å². The number of carbonyl (C=O) groups excluding carboxylic acids is 1. The minimum Gasteiger partial charge on any atom is -0.494 e. The van der Waals surface area contributed by atoms with Gasteiger partial charge < -0.3 is 18.9 Å². The third kappa shape index (κ3) is 7.80. The van der Waals surface area contributed by atoms with Gasteiger partial charge in [-0.15, -0.1) is 0 Å². The topological polar surface area (TPSA) is 56.6 Å². The highest BCUT2D eigenvalue weighted by Crippen LogP contribution is 2.25. The zero-order valence-corrected chi connectivity index (χ0v) is 18.3. The summed E-state index contributed by atoms with van der Waals surface area (Å²) in [5.41, 5.74) is 0.715. The Bertz CT molecular complexity index is 711. The van der Waals surface area contributed by atoms with Gasteiger partial charge in [0.25, 0.3) is 0 Å². The number of aromatic nitrogens is 2. The van der Waals surface area contributed by atoms with Crippen LogP contribution in [0.3, 0.4) is 0 Å². The molecule has 6 nitrogen and oxygen atoms in total. The number of aryl methyl sites for hydroxylation is 1. The molecular weight excluding hydrogens is 366 g/mol. The van der Waals surface area contributed by atoms with Crippen molar-refractivity contribution < 1.29 is 14.3 Å². The highest BCUT2D eigenvalue weighted by atomic mass is 16.5. The minimum absolute atomic E-state index is 0.141. The molecule has 0 fully saturated rings. The molecule has 160 valence electrons. The molecule has 2 aromatic rings. The van der Waals surface area contributed by atoms with Gasteiger partial charge in [0, 0.05) is 38.2 Å². The lowest BCUT2D eigenvalue weighted by Crippen LogP contribution is -2.27. The molecule has 1 heterocycles. The molecule has 0 amide bonds. The van der Waals surface area contributed by atoms with E-state index in [1.807, 2.05) is 51.6 Å². The second kappa shape index (κ2) is 11.5. The van der Waals surface area contributed by atoms with Crippen LogP contribution < -0.4 is 9.64 Å². The number of imidazole rings is 1. The molecule has 2 rings (SSSR count). The van der Waals surface area contributed by atoms with Crippen LogP contribution in [-0.4, -0.2) is 42.3 Å². The van der Waals surface area contributed by atoms with Crippen molar-refractivity contribution in [1.82, 2.24) is 9.55 Å². The Balaban J connectivity index is 1.66. The van der Waals surface area contributed by atoms with Gasteiger partial charge in [-0.3, -0.25) is 4.79 Å². The molecule has 0 unspecified atom stereocenters. The maximum atomic E-state index is 11.9. The lowest BCUT2D eigenvalue weighted by Gasteiger charge is -2.22. The van der Waals surface area contributed by atoms with Gasteiger partial charge >= 0.3 is 5.97 Å². The third-order valence-corrected chi connectivity index (χ3v) is 5.04. The Morgan fingerprint density at radius 3 is 2.59 bits per heavy atom. The monoisotopic (exact) mass is 401 g/mol. The number of esters is 1. The highest BCUT2D eigenvalue weighted by molar-refractivity contribution is 5.75. The number of anilines is 1. The number of hydrogen-bond acceptors (Lipinski definition) is 5. The summed E-state index contributed by atoms with van der Waals surface area (Å²) in [7, 11) is 2.12. The predicted molar refractivity (Wildman–Crippen MR) is 116 cm³/mol. The number of benzene rings is 1. The Hall–Kier alpha value is -2.50. The van der Waals surface area contributed by atoms with E-state index in [2.05, 4.69) is 33.6 Å². The van der Waals surface area contributed by atoms with Crippen molar-refractivity contribution in [3.63, 3.8) is 0 Å². The highest BCUT2D eigenvalue weighted by Gasteiger charge is 2.28. The van der Waals surface area contributed by atoms with Crippen LogP contribution in [0.2, 0.25) is 0 Å². The van der Waals surface area contributed by atoms with Crippen LogP contribution in [0.5, 0.6) is 5.75 Å². The van der Waals surface area contributed by atoms with Gasteiger partial charge in [-0.2, -0.15) is 0 Å². The van der Waals surface area contributed by atoms with Crippen LogP contribution in [0.15, 0.2) is 43.0 Å². The minimum atomic E-state index is -0.468. The van der Waals surface area contributed by atoms with Crippen LogP contribution in [-0.2, 0) is 16.1 Å².